The summed E-state index contributed by atoms with van der Waals surface area (Å²) in [5.41, 5.74) is 6.37. The Balaban J connectivity index is 2.53. The van der Waals surface area contributed by atoms with Gasteiger partial charge in [-0.1, -0.05) is 30.3 Å². The van der Waals surface area contributed by atoms with Crippen molar-refractivity contribution in [3.63, 3.8) is 0 Å². The molecule has 5 heteroatoms. The van der Waals surface area contributed by atoms with Crippen LogP contribution in [-0.2, 0) is 4.79 Å². The number of carboxylic acid groups (broad SMARTS) is 1. The molecule has 0 aliphatic heterocycles. The highest BCUT2D eigenvalue weighted by molar-refractivity contribution is 7.99. The summed E-state index contributed by atoms with van der Waals surface area (Å²) >= 11 is 1.36. The first kappa shape index (κ1) is 13.0. The summed E-state index contributed by atoms with van der Waals surface area (Å²) in [6.45, 7) is -0.0268. The molecule has 0 aliphatic rings. The van der Waals surface area contributed by atoms with Crippen LogP contribution in [0.15, 0.2) is 30.3 Å². The molecule has 0 bridgehead atoms. The number of carboxylic acids is 1. The van der Waals surface area contributed by atoms with Crippen molar-refractivity contribution in [2.45, 2.75) is 11.3 Å². The Morgan fingerprint density at radius 1 is 1.38 bits per heavy atom. The molecule has 0 saturated heterocycles. The molecule has 0 radical (unpaired) electrons. The van der Waals surface area contributed by atoms with Gasteiger partial charge in [0.05, 0.1) is 11.9 Å². The van der Waals surface area contributed by atoms with Crippen LogP contribution < -0.4 is 5.73 Å². The maximum Gasteiger partial charge on any atom is 0.321 e. The van der Waals surface area contributed by atoms with Gasteiger partial charge in [-0.05, 0) is 5.56 Å². The zero-order valence-electron chi connectivity index (χ0n) is 8.74. The van der Waals surface area contributed by atoms with Gasteiger partial charge in [-0.3, -0.25) is 4.79 Å². The fourth-order valence-electron chi connectivity index (χ4n) is 1.21. The third-order valence-electron chi connectivity index (χ3n) is 2.13. The number of aliphatic hydroxyl groups is 1. The van der Waals surface area contributed by atoms with Gasteiger partial charge < -0.3 is 15.9 Å². The lowest BCUT2D eigenvalue weighted by Crippen LogP contribution is -2.32. The van der Waals surface area contributed by atoms with Gasteiger partial charge in [-0.2, -0.15) is 0 Å². The van der Waals surface area contributed by atoms with Crippen molar-refractivity contribution in [2.75, 3.05) is 12.4 Å². The molecule has 4 nitrogen and oxygen atoms in total. The second kappa shape index (κ2) is 6.52. The Morgan fingerprint density at radius 2 is 2.00 bits per heavy atom. The number of hydrogen-bond acceptors (Lipinski definition) is 4. The molecule has 88 valence electrons. The average Bonchev–Trinajstić information content (AvgIpc) is 2.30. The molecule has 0 heterocycles. The van der Waals surface area contributed by atoms with Gasteiger partial charge in [0.25, 0.3) is 0 Å². The number of aliphatic carboxylic acids is 1. The summed E-state index contributed by atoms with van der Waals surface area (Å²) in [5, 5.41) is 17.7. The van der Waals surface area contributed by atoms with Crippen LogP contribution in [0.3, 0.4) is 0 Å². The predicted molar refractivity (Wildman–Crippen MR) is 64.3 cm³/mol. The van der Waals surface area contributed by atoms with E-state index >= 15 is 0 Å². The highest BCUT2D eigenvalue weighted by Crippen LogP contribution is 2.28. The maximum atomic E-state index is 10.5. The topological polar surface area (TPSA) is 83.5 Å². The third kappa shape index (κ3) is 3.84. The largest absolute Gasteiger partial charge is 0.480 e. The predicted octanol–water partition coefficient (Wildman–Crippen LogP) is 0.865. The van der Waals surface area contributed by atoms with E-state index in [1.54, 1.807) is 0 Å². The molecule has 1 aromatic rings. The second-order valence-electron chi connectivity index (χ2n) is 3.36. The van der Waals surface area contributed by atoms with E-state index in [9.17, 15) is 9.90 Å². The zero-order chi connectivity index (χ0) is 12.0. The third-order valence-corrected chi connectivity index (χ3v) is 3.51. The normalized spacial score (nSPS) is 14.4. The van der Waals surface area contributed by atoms with Crippen LogP contribution in [0.25, 0.3) is 0 Å². The average molecular weight is 241 g/mol. The molecule has 16 heavy (non-hydrogen) atoms. The molecular formula is C11H15NO3S. The molecule has 0 fully saturated rings. The van der Waals surface area contributed by atoms with E-state index in [0.29, 0.717) is 0 Å². The van der Waals surface area contributed by atoms with Gasteiger partial charge in [-0.25, -0.2) is 0 Å². The van der Waals surface area contributed by atoms with Crippen molar-refractivity contribution >= 4 is 17.7 Å². The fourth-order valence-corrected chi connectivity index (χ4v) is 2.25. The SMILES string of the molecule is N[C@@H](CSC(CO)c1ccccc1)C(=O)O. The summed E-state index contributed by atoms with van der Waals surface area (Å²) in [7, 11) is 0. The summed E-state index contributed by atoms with van der Waals surface area (Å²) in [6, 6.07) is 8.58. The molecule has 0 aliphatic carbocycles. The molecule has 0 spiro atoms. The first-order chi connectivity index (χ1) is 7.65. The van der Waals surface area contributed by atoms with Gasteiger partial charge in [0.15, 0.2) is 0 Å². The van der Waals surface area contributed by atoms with Crippen molar-refractivity contribution in [1.82, 2.24) is 0 Å². The van der Waals surface area contributed by atoms with Gasteiger partial charge in [0.1, 0.15) is 6.04 Å². The standard InChI is InChI=1S/C11H15NO3S/c12-9(11(14)15)7-16-10(6-13)8-4-2-1-3-5-8/h1-5,9-10,13H,6-7,12H2,(H,14,15)/t9-,10?/m0/s1. The van der Waals surface area contributed by atoms with Crippen LogP contribution in [0.2, 0.25) is 0 Å². The summed E-state index contributed by atoms with van der Waals surface area (Å²) in [4.78, 5) is 10.5. The van der Waals surface area contributed by atoms with Crippen molar-refractivity contribution in [3.05, 3.63) is 35.9 Å². The van der Waals surface area contributed by atoms with Crippen LogP contribution >= 0.6 is 11.8 Å². The van der Waals surface area contributed by atoms with E-state index in [-0.39, 0.29) is 17.6 Å². The van der Waals surface area contributed by atoms with E-state index in [1.165, 1.54) is 11.8 Å². The van der Waals surface area contributed by atoms with Crippen molar-refractivity contribution < 1.29 is 15.0 Å². The van der Waals surface area contributed by atoms with Crippen molar-refractivity contribution in [3.8, 4) is 0 Å². The number of aliphatic hydroxyl groups excluding tert-OH is 1. The molecule has 1 aromatic carbocycles. The molecule has 2 atom stereocenters. The number of benzene rings is 1. The summed E-state index contributed by atoms with van der Waals surface area (Å²) < 4.78 is 0. The number of thioether (sulfide) groups is 1. The highest BCUT2D eigenvalue weighted by Gasteiger charge is 2.16. The smallest absolute Gasteiger partial charge is 0.321 e. The van der Waals surface area contributed by atoms with Gasteiger partial charge in [0, 0.05) is 5.75 Å². The lowest BCUT2D eigenvalue weighted by molar-refractivity contribution is -0.137. The fraction of sp³-hybridized carbons (Fsp3) is 0.364. The van der Waals surface area contributed by atoms with E-state index in [4.69, 9.17) is 10.8 Å². The first-order valence-corrected chi connectivity index (χ1v) is 5.95. The molecule has 0 aromatic heterocycles. The molecule has 1 rings (SSSR count). The minimum Gasteiger partial charge on any atom is -0.480 e. The Hall–Kier alpha value is -1.04. The Morgan fingerprint density at radius 3 is 2.50 bits per heavy atom. The zero-order valence-corrected chi connectivity index (χ0v) is 9.56. The van der Waals surface area contributed by atoms with Crippen LogP contribution in [-0.4, -0.2) is 34.6 Å². The van der Waals surface area contributed by atoms with Crippen molar-refractivity contribution in [2.24, 2.45) is 5.73 Å². The van der Waals surface area contributed by atoms with E-state index in [1.807, 2.05) is 30.3 Å². The van der Waals surface area contributed by atoms with Crippen molar-refractivity contribution in [1.29, 1.82) is 0 Å². The minimum absolute atomic E-state index is 0.0268. The van der Waals surface area contributed by atoms with Crippen LogP contribution in [0.4, 0.5) is 0 Å². The number of hydrogen-bond donors (Lipinski definition) is 3. The molecular weight excluding hydrogens is 226 g/mol. The summed E-state index contributed by atoms with van der Waals surface area (Å²) in [5.74, 6) is -0.729. The lowest BCUT2D eigenvalue weighted by atomic mass is 10.2. The molecule has 0 amide bonds. The van der Waals surface area contributed by atoms with Gasteiger partial charge in [0.2, 0.25) is 0 Å². The quantitative estimate of drug-likeness (QED) is 0.688. The Kier molecular flexibility index (Phi) is 5.31. The first-order valence-electron chi connectivity index (χ1n) is 4.91. The van der Waals surface area contributed by atoms with Crippen LogP contribution in [0.5, 0.6) is 0 Å². The van der Waals surface area contributed by atoms with Gasteiger partial charge >= 0.3 is 5.97 Å². The Bertz CT molecular complexity index is 331. The van der Waals surface area contributed by atoms with Crippen LogP contribution in [0, 0.1) is 0 Å². The molecule has 0 saturated carbocycles. The number of rotatable bonds is 6. The maximum absolute atomic E-state index is 10.5. The molecule has 1 unspecified atom stereocenters. The van der Waals surface area contributed by atoms with E-state index in [0.717, 1.165) is 5.56 Å². The highest BCUT2D eigenvalue weighted by atomic mass is 32.2. The number of carbonyl (C=O) groups is 1. The monoisotopic (exact) mass is 241 g/mol. The summed E-state index contributed by atoms with van der Waals surface area (Å²) in [6.07, 6.45) is 0. The second-order valence-corrected chi connectivity index (χ2v) is 4.60. The minimum atomic E-state index is -1.02. The molecule has 4 N–H and O–H groups in total. The van der Waals surface area contributed by atoms with E-state index in [2.05, 4.69) is 0 Å². The Labute approximate surface area is 98.5 Å². The van der Waals surface area contributed by atoms with E-state index < -0.39 is 12.0 Å². The lowest BCUT2D eigenvalue weighted by Gasteiger charge is -2.15. The van der Waals surface area contributed by atoms with Crippen LogP contribution in [0.1, 0.15) is 10.8 Å². The number of nitrogens with two attached hydrogens (primary N) is 1. The van der Waals surface area contributed by atoms with Gasteiger partial charge in [-0.15, -0.1) is 11.8 Å².